The van der Waals surface area contributed by atoms with E-state index in [-0.39, 0.29) is 17.8 Å². The molecule has 1 aromatic carbocycles. The number of carbonyl (C=O) groups excluding carboxylic acids is 2. The fourth-order valence-electron chi connectivity index (χ4n) is 3.04. The molecule has 2 atom stereocenters. The first-order valence-corrected chi connectivity index (χ1v) is 7.28. The van der Waals surface area contributed by atoms with Crippen molar-refractivity contribution in [3.8, 4) is 0 Å². The number of hydrogen-bond acceptors (Lipinski definition) is 5. The molecular formula is C15H12F3N3O4. The van der Waals surface area contributed by atoms with E-state index in [0.717, 1.165) is 17.3 Å². The number of hydrogen-bond donors (Lipinski definition) is 0. The SMILES string of the molecule is CC1CN2C(c3cccc([N+](=O)[O-])c3)C(C(=O)C(F)(F)F)=CN2C1=O. The Labute approximate surface area is 139 Å². The Morgan fingerprint density at radius 3 is 2.64 bits per heavy atom. The molecule has 0 saturated carbocycles. The van der Waals surface area contributed by atoms with Gasteiger partial charge >= 0.3 is 6.18 Å². The van der Waals surface area contributed by atoms with Crippen molar-refractivity contribution in [3.63, 3.8) is 0 Å². The highest BCUT2D eigenvalue weighted by Gasteiger charge is 2.52. The molecule has 0 spiro atoms. The van der Waals surface area contributed by atoms with Crippen LogP contribution in [0.1, 0.15) is 18.5 Å². The molecule has 2 aliphatic heterocycles. The Bertz CT molecular complexity index is 805. The maximum atomic E-state index is 12.9. The third-order valence-corrected chi connectivity index (χ3v) is 4.16. The Balaban J connectivity index is 2.09. The van der Waals surface area contributed by atoms with E-state index in [0.29, 0.717) is 0 Å². The van der Waals surface area contributed by atoms with E-state index in [1.807, 2.05) is 0 Å². The molecule has 1 saturated heterocycles. The summed E-state index contributed by atoms with van der Waals surface area (Å²) in [6, 6.07) is 3.82. The Hall–Kier alpha value is -2.75. The minimum Gasteiger partial charge on any atom is -0.284 e. The fourth-order valence-corrected chi connectivity index (χ4v) is 3.04. The largest absolute Gasteiger partial charge is 0.454 e. The lowest BCUT2D eigenvalue weighted by Gasteiger charge is -2.26. The van der Waals surface area contributed by atoms with Crippen molar-refractivity contribution in [2.75, 3.05) is 6.54 Å². The molecule has 3 rings (SSSR count). The second-order valence-corrected chi connectivity index (χ2v) is 5.87. The van der Waals surface area contributed by atoms with Crippen LogP contribution in [0.4, 0.5) is 18.9 Å². The molecule has 2 heterocycles. The molecule has 0 aromatic heterocycles. The maximum Gasteiger partial charge on any atom is 0.454 e. The van der Waals surface area contributed by atoms with Crippen molar-refractivity contribution in [1.29, 1.82) is 0 Å². The first kappa shape index (κ1) is 17.1. The van der Waals surface area contributed by atoms with Gasteiger partial charge in [0.15, 0.2) is 0 Å². The summed E-state index contributed by atoms with van der Waals surface area (Å²) in [5.74, 6) is -2.96. The normalized spacial score (nSPS) is 23.6. The first-order valence-electron chi connectivity index (χ1n) is 7.28. The Morgan fingerprint density at radius 1 is 1.36 bits per heavy atom. The van der Waals surface area contributed by atoms with Crippen LogP contribution >= 0.6 is 0 Å². The average molecular weight is 355 g/mol. The summed E-state index contributed by atoms with van der Waals surface area (Å²) >= 11 is 0. The van der Waals surface area contributed by atoms with Crippen LogP contribution in [0.15, 0.2) is 36.0 Å². The number of nitro benzene ring substituents is 1. The first-order chi connectivity index (χ1) is 11.6. The molecule has 25 heavy (non-hydrogen) atoms. The van der Waals surface area contributed by atoms with E-state index in [2.05, 4.69) is 0 Å². The van der Waals surface area contributed by atoms with Gasteiger partial charge in [0.2, 0.25) is 5.91 Å². The summed E-state index contributed by atoms with van der Waals surface area (Å²) in [4.78, 5) is 34.2. The van der Waals surface area contributed by atoms with Gasteiger partial charge in [0, 0.05) is 30.5 Å². The zero-order valence-electron chi connectivity index (χ0n) is 12.9. The van der Waals surface area contributed by atoms with Gasteiger partial charge in [-0.15, -0.1) is 0 Å². The lowest BCUT2D eigenvalue weighted by atomic mass is 9.95. The average Bonchev–Trinajstić information content (AvgIpc) is 3.03. The molecule has 10 heteroatoms. The number of amides is 1. The third kappa shape index (κ3) is 2.78. The molecule has 1 aromatic rings. The van der Waals surface area contributed by atoms with Crippen molar-refractivity contribution in [1.82, 2.24) is 10.0 Å². The van der Waals surface area contributed by atoms with Crippen LogP contribution in [0, 0.1) is 16.0 Å². The molecule has 7 nitrogen and oxygen atoms in total. The number of ketones is 1. The number of rotatable bonds is 3. The molecule has 1 fully saturated rings. The lowest BCUT2D eigenvalue weighted by Crippen LogP contribution is -2.34. The number of nitrogens with zero attached hydrogens (tertiary/aromatic N) is 3. The van der Waals surface area contributed by atoms with Gasteiger partial charge in [-0.2, -0.15) is 13.2 Å². The van der Waals surface area contributed by atoms with E-state index >= 15 is 0 Å². The number of Topliss-reactive ketones (excluding diaryl/α,β-unsaturated/α-hetero) is 1. The number of carbonyl (C=O) groups is 2. The molecule has 0 radical (unpaired) electrons. The highest BCUT2D eigenvalue weighted by Crippen LogP contribution is 2.43. The Kier molecular flexibility index (Phi) is 3.87. The van der Waals surface area contributed by atoms with Crippen LogP contribution < -0.4 is 0 Å². The van der Waals surface area contributed by atoms with Crippen molar-refractivity contribution in [3.05, 3.63) is 51.7 Å². The highest BCUT2D eigenvalue weighted by molar-refractivity contribution is 6.02. The maximum absolute atomic E-state index is 12.9. The van der Waals surface area contributed by atoms with Gasteiger partial charge in [0.05, 0.1) is 16.9 Å². The minimum atomic E-state index is -5.11. The van der Waals surface area contributed by atoms with E-state index in [1.54, 1.807) is 6.92 Å². The van der Waals surface area contributed by atoms with Crippen LogP contribution in [-0.4, -0.2) is 39.4 Å². The zero-order chi connectivity index (χ0) is 18.5. The van der Waals surface area contributed by atoms with Gasteiger partial charge in [0.25, 0.3) is 11.5 Å². The number of halogens is 3. The monoisotopic (exact) mass is 355 g/mol. The molecule has 0 bridgehead atoms. The number of alkyl halides is 3. The smallest absolute Gasteiger partial charge is 0.284 e. The summed E-state index contributed by atoms with van der Waals surface area (Å²) in [5, 5.41) is 13.3. The molecule has 2 unspecified atom stereocenters. The summed E-state index contributed by atoms with van der Waals surface area (Å²) in [7, 11) is 0. The van der Waals surface area contributed by atoms with E-state index in [1.165, 1.54) is 23.2 Å². The van der Waals surface area contributed by atoms with Crippen LogP contribution in [0.2, 0.25) is 0 Å². The fraction of sp³-hybridized carbons (Fsp3) is 0.333. The van der Waals surface area contributed by atoms with Crippen molar-refractivity contribution in [2.24, 2.45) is 5.92 Å². The van der Waals surface area contributed by atoms with Crippen molar-refractivity contribution in [2.45, 2.75) is 19.1 Å². The zero-order valence-corrected chi connectivity index (χ0v) is 12.9. The quantitative estimate of drug-likeness (QED) is 0.614. The van der Waals surface area contributed by atoms with E-state index < -0.39 is 40.3 Å². The number of fused-ring (bicyclic) bond motifs is 1. The van der Waals surface area contributed by atoms with Gasteiger partial charge in [0.1, 0.15) is 0 Å². The molecular weight excluding hydrogens is 343 g/mol. The summed E-state index contributed by atoms with van der Waals surface area (Å²) in [6.07, 6.45) is -4.23. The minimum absolute atomic E-state index is 0.108. The molecule has 0 N–H and O–H groups in total. The van der Waals surface area contributed by atoms with Gasteiger partial charge in [-0.25, -0.2) is 10.0 Å². The van der Waals surface area contributed by atoms with Crippen LogP contribution in [-0.2, 0) is 9.59 Å². The number of non-ortho nitro benzene ring substituents is 1. The van der Waals surface area contributed by atoms with Crippen molar-refractivity contribution >= 4 is 17.4 Å². The molecule has 132 valence electrons. The standard InChI is InChI=1S/C15H12F3N3O4/c1-8-6-19-12(9-3-2-4-10(5-9)21(24)25)11(7-20(19)14(8)23)13(22)15(16,17)18/h2-5,7-8,12H,6H2,1H3. The van der Waals surface area contributed by atoms with Crippen LogP contribution in [0.3, 0.4) is 0 Å². The molecule has 1 amide bonds. The van der Waals surface area contributed by atoms with Crippen LogP contribution in [0.5, 0.6) is 0 Å². The van der Waals surface area contributed by atoms with E-state index in [4.69, 9.17) is 0 Å². The Morgan fingerprint density at radius 2 is 2.04 bits per heavy atom. The topological polar surface area (TPSA) is 83.8 Å². The van der Waals surface area contributed by atoms with Gasteiger partial charge in [-0.05, 0) is 5.56 Å². The van der Waals surface area contributed by atoms with Crippen molar-refractivity contribution < 1.29 is 27.7 Å². The predicted molar refractivity (Wildman–Crippen MR) is 77.7 cm³/mol. The predicted octanol–water partition coefficient (Wildman–Crippen LogP) is 2.36. The molecule has 2 aliphatic rings. The number of benzene rings is 1. The lowest BCUT2D eigenvalue weighted by molar-refractivity contribution is -0.384. The summed E-state index contributed by atoms with van der Waals surface area (Å²) < 4.78 is 38.8. The van der Waals surface area contributed by atoms with Gasteiger partial charge < -0.3 is 0 Å². The number of nitro groups is 1. The molecule has 0 aliphatic carbocycles. The summed E-state index contributed by atoms with van der Waals surface area (Å²) in [5.41, 5.74) is -0.802. The van der Waals surface area contributed by atoms with Gasteiger partial charge in [-0.1, -0.05) is 19.1 Å². The van der Waals surface area contributed by atoms with E-state index in [9.17, 15) is 32.9 Å². The second kappa shape index (κ2) is 5.66. The summed E-state index contributed by atoms with van der Waals surface area (Å²) in [6.45, 7) is 1.72. The van der Waals surface area contributed by atoms with Gasteiger partial charge in [-0.3, -0.25) is 19.7 Å². The number of hydrazine groups is 1. The highest BCUT2D eigenvalue weighted by atomic mass is 19.4. The second-order valence-electron chi connectivity index (χ2n) is 5.87. The van der Waals surface area contributed by atoms with Crippen LogP contribution in [0.25, 0.3) is 0 Å². The third-order valence-electron chi connectivity index (χ3n) is 4.16.